The predicted molar refractivity (Wildman–Crippen MR) is 76.8 cm³/mol. The number of nitrogens with zero attached hydrogens (tertiary/aromatic N) is 2. The number of alkyl halides is 1. The second-order valence-electron chi connectivity index (χ2n) is 5.82. The maximum Gasteiger partial charge on any atom is 0.164 e. The van der Waals surface area contributed by atoms with Crippen molar-refractivity contribution < 1.29 is 19.3 Å². The van der Waals surface area contributed by atoms with Crippen molar-refractivity contribution in [2.24, 2.45) is 4.99 Å². The number of hydrogen-bond acceptors (Lipinski definition) is 7. The summed E-state index contributed by atoms with van der Waals surface area (Å²) in [5.74, 6) is -0.724. The summed E-state index contributed by atoms with van der Waals surface area (Å²) >= 11 is 7.36. The third-order valence-electron chi connectivity index (χ3n) is 3.53. The van der Waals surface area contributed by atoms with E-state index in [1.165, 1.54) is 11.8 Å². The SMILES string of the molecule is CN(C)C1=N[C@@H]2[C@H]3OC(C)(C)O[C@@H]3[C@@H]([C@@H](O)Cl)O[C@@H]2S1. The van der Waals surface area contributed by atoms with Gasteiger partial charge in [0, 0.05) is 14.1 Å². The molecule has 0 bridgehead atoms. The molecule has 0 amide bonds. The normalized spacial score (nSPS) is 43.7. The van der Waals surface area contributed by atoms with Crippen LogP contribution in [0.25, 0.3) is 0 Å². The van der Waals surface area contributed by atoms with Crippen LogP contribution in [0.2, 0.25) is 0 Å². The van der Waals surface area contributed by atoms with E-state index in [0.717, 1.165) is 5.17 Å². The van der Waals surface area contributed by atoms with Crippen LogP contribution in [0, 0.1) is 0 Å². The summed E-state index contributed by atoms with van der Waals surface area (Å²) in [5, 5.41) is 10.6. The lowest BCUT2D eigenvalue weighted by molar-refractivity contribution is -0.162. The zero-order valence-electron chi connectivity index (χ0n) is 11.8. The fourth-order valence-corrected chi connectivity index (χ4v) is 4.08. The molecule has 114 valence electrons. The molecular weight excluding hydrogens is 304 g/mol. The molecule has 0 aromatic rings. The second-order valence-corrected chi connectivity index (χ2v) is 7.33. The average molecular weight is 323 g/mol. The van der Waals surface area contributed by atoms with Gasteiger partial charge in [0.2, 0.25) is 0 Å². The summed E-state index contributed by atoms with van der Waals surface area (Å²) in [6, 6.07) is -0.143. The summed E-state index contributed by atoms with van der Waals surface area (Å²) in [7, 11) is 3.87. The van der Waals surface area contributed by atoms with Gasteiger partial charge in [-0.15, -0.1) is 0 Å². The van der Waals surface area contributed by atoms with Crippen molar-refractivity contribution in [1.29, 1.82) is 0 Å². The first-order chi connectivity index (χ1) is 9.28. The molecule has 6 nitrogen and oxygen atoms in total. The van der Waals surface area contributed by atoms with Crippen LogP contribution in [-0.4, -0.2) is 70.4 Å². The standard InChI is InChI=1S/C12H19ClN2O4S/c1-12(2)18-6-5-10(20-11(14-5)15(3)4)17-8(9(13)16)7(6)19-12/h5-10,16H,1-4H3/t5-,6-,7+,8+,9-,10-/m1/s1. The van der Waals surface area contributed by atoms with Crippen LogP contribution in [0.1, 0.15) is 13.8 Å². The molecule has 6 atom stereocenters. The minimum atomic E-state index is -1.13. The van der Waals surface area contributed by atoms with Crippen LogP contribution in [0.5, 0.6) is 0 Å². The zero-order chi connectivity index (χ0) is 14.7. The molecule has 0 aromatic heterocycles. The molecule has 0 aromatic carbocycles. The lowest BCUT2D eigenvalue weighted by atomic mass is 9.99. The smallest absolute Gasteiger partial charge is 0.164 e. The number of hydrogen-bond donors (Lipinski definition) is 1. The number of rotatable bonds is 1. The van der Waals surface area contributed by atoms with Crippen LogP contribution >= 0.6 is 23.4 Å². The van der Waals surface area contributed by atoms with Crippen molar-refractivity contribution in [3.8, 4) is 0 Å². The molecule has 3 aliphatic heterocycles. The summed E-state index contributed by atoms with van der Waals surface area (Å²) in [4.78, 5) is 6.60. The third kappa shape index (κ3) is 2.44. The Kier molecular flexibility index (Phi) is 3.72. The van der Waals surface area contributed by atoms with E-state index in [4.69, 9.17) is 25.8 Å². The molecule has 0 unspecified atom stereocenters. The van der Waals surface area contributed by atoms with Crippen LogP contribution < -0.4 is 0 Å². The van der Waals surface area contributed by atoms with Gasteiger partial charge in [0.1, 0.15) is 29.8 Å². The molecule has 0 radical (unpaired) electrons. The number of ether oxygens (including phenoxy) is 3. The third-order valence-corrected chi connectivity index (χ3v) is 5.08. The number of aliphatic hydroxyl groups is 1. The molecule has 0 spiro atoms. The lowest BCUT2D eigenvalue weighted by Gasteiger charge is -2.38. The first kappa shape index (κ1) is 14.9. The molecule has 1 N–H and O–H groups in total. The molecule has 2 fully saturated rings. The monoisotopic (exact) mass is 322 g/mol. The first-order valence-corrected chi connectivity index (χ1v) is 7.85. The van der Waals surface area contributed by atoms with Crippen LogP contribution in [0.3, 0.4) is 0 Å². The number of thioether (sulfide) groups is 1. The average Bonchev–Trinajstić information content (AvgIpc) is 2.86. The molecule has 0 saturated carbocycles. The van der Waals surface area contributed by atoms with Gasteiger partial charge in [-0.3, -0.25) is 4.99 Å². The molecule has 3 rings (SSSR count). The highest BCUT2D eigenvalue weighted by atomic mass is 35.5. The van der Waals surface area contributed by atoms with E-state index in [1.807, 2.05) is 32.8 Å². The van der Waals surface area contributed by atoms with Gasteiger partial charge in [0.15, 0.2) is 16.5 Å². The van der Waals surface area contributed by atoms with E-state index in [1.54, 1.807) is 0 Å². The van der Waals surface area contributed by atoms with Crippen molar-refractivity contribution in [3.05, 3.63) is 0 Å². The van der Waals surface area contributed by atoms with Crippen LogP contribution in [-0.2, 0) is 14.2 Å². The predicted octanol–water partition coefficient (Wildman–Crippen LogP) is 0.822. The number of fused-ring (bicyclic) bond motifs is 3. The largest absolute Gasteiger partial charge is 0.375 e. The highest BCUT2D eigenvalue weighted by Crippen LogP contribution is 2.45. The van der Waals surface area contributed by atoms with E-state index in [0.29, 0.717) is 0 Å². The van der Waals surface area contributed by atoms with Gasteiger partial charge in [0.25, 0.3) is 0 Å². The van der Waals surface area contributed by atoms with Crippen molar-refractivity contribution in [2.45, 2.75) is 55.0 Å². The van der Waals surface area contributed by atoms with Crippen LogP contribution in [0.4, 0.5) is 0 Å². The maximum absolute atomic E-state index is 9.74. The highest BCUT2D eigenvalue weighted by Gasteiger charge is 2.58. The number of aliphatic imine (C=N–C) groups is 1. The Bertz CT molecular complexity index is 432. The molecule has 3 aliphatic rings. The van der Waals surface area contributed by atoms with Gasteiger partial charge < -0.3 is 24.2 Å². The molecule has 2 saturated heterocycles. The Morgan fingerprint density at radius 3 is 2.60 bits per heavy atom. The quantitative estimate of drug-likeness (QED) is 0.721. The minimum Gasteiger partial charge on any atom is -0.375 e. The Morgan fingerprint density at radius 2 is 2.00 bits per heavy atom. The van der Waals surface area contributed by atoms with Gasteiger partial charge in [-0.25, -0.2) is 0 Å². The Balaban J connectivity index is 1.89. The van der Waals surface area contributed by atoms with Gasteiger partial charge in [-0.05, 0) is 13.8 Å². The first-order valence-electron chi connectivity index (χ1n) is 6.53. The van der Waals surface area contributed by atoms with Crippen LogP contribution in [0.15, 0.2) is 4.99 Å². The summed E-state index contributed by atoms with van der Waals surface area (Å²) in [5.41, 5.74) is -1.34. The van der Waals surface area contributed by atoms with Crippen molar-refractivity contribution in [1.82, 2.24) is 4.90 Å². The summed E-state index contributed by atoms with van der Waals surface area (Å²) < 4.78 is 17.7. The van der Waals surface area contributed by atoms with E-state index in [-0.39, 0.29) is 17.6 Å². The van der Waals surface area contributed by atoms with Crippen molar-refractivity contribution >= 4 is 28.5 Å². The van der Waals surface area contributed by atoms with E-state index in [2.05, 4.69) is 4.99 Å². The summed E-state index contributed by atoms with van der Waals surface area (Å²) in [6.45, 7) is 3.69. The fourth-order valence-electron chi connectivity index (χ4n) is 2.74. The maximum atomic E-state index is 9.74. The van der Waals surface area contributed by atoms with E-state index in [9.17, 15) is 5.11 Å². The van der Waals surface area contributed by atoms with Gasteiger partial charge >= 0.3 is 0 Å². The molecule has 3 heterocycles. The number of aliphatic hydroxyl groups excluding tert-OH is 1. The Labute approximate surface area is 127 Å². The molecular formula is C12H19ClN2O4S. The van der Waals surface area contributed by atoms with Gasteiger partial charge in [0.05, 0.1) is 0 Å². The zero-order valence-corrected chi connectivity index (χ0v) is 13.4. The fraction of sp³-hybridized carbons (Fsp3) is 0.917. The number of amidine groups is 1. The molecule has 8 heteroatoms. The minimum absolute atomic E-state index is 0.143. The topological polar surface area (TPSA) is 63.5 Å². The lowest BCUT2D eigenvalue weighted by Crippen LogP contribution is -2.56. The van der Waals surface area contributed by atoms with Crippen molar-refractivity contribution in [2.75, 3.05) is 14.1 Å². The molecule has 20 heavy (non-hydrogen) atoms. The Hall–Kier alpha value is -0.0500. The summed E-state index contributed by atoms with van der Waals surface area (Å²) in [6.07, 6.45) is -1.29. The number of halogens is 1. The van der Waals surface area contributed by atoms with Gasteiger partial charge in [-0.1, -0.05) is 23.4 Å². The Morgan fingerprint density at radius 1 is 1.35 bits per heavy atom. The highest BCUT2D eigenvalue weighted by molar-refractivity contribution is 8.14. The second kappa shape index (κ2) is 5.00. The van der Waals surface area contributed by atoms with E-state index < -0.39 is 23.6 Å². The van der Waals surface area contributed by atoms with Gasteiger partial charge in [-0.2, -0.15) is 0 Å². The van der Waals surface area contributed by atoms with Crippen molar-refractivity contribution in [3.63, 3.8) is 0 Å². The van der Waals surface area contributed by atoms with E-state index >= 15 is 0 Å². The molecule has 0 aliphatic carbocycles.